The van der Waals surface area contributed by atoms with Gasteiger partial charge in [-0.2, -0.15) is 4.52 Å². The van der Waals surface area contributed by atoms with Crippen molar-refractivity contribution in [1.82, 2.24) is 19.5 Å². The number of hydrogen-bond donors (Lipinski definition) is 1. The Labute approximate surface area is 167 Å². The molecule has 2 fully saturated rings. The minimum absolute atomic E-state index is 0.0474. The smallest absolute Gasteiger partial charge is 0.230 e. The van der Waals surface area contributed by atoms with Crippen LogP contribution < -0.4 is 0 Å². The topological polar surface area (TPSA) is 72.1 Å². The number of ether oxygens (including phenoxy) is 2. The summed E-state index contributed by atoms with van der Waals surface area (Å²) in [6, 6.07) is 8.33. The summed E-state index contributed by atoms with van der Waals surface area (Å²) in [7, 11) is 0. The van der Waals surface area contributed by atoms with Gasteiger partial charge in [-0.15, -0.1) is 5.10 Å². The van der Waals surface area contributed by atoms with E-state index in [1.165, 1.54) is 22.5 Å². The average molecular weight is 401 g/mol. The maximum atomic E-state index is 11.0. The van der Waals surface area contributed by atoms with Gasteiger partial charge >= 0.3 is 0 Å². The van der Waals surface area contributed by atoms with E-state index in [1.54, 1.807) is 4.52 Å². The Balaban J connectivity index is 1.55. The zero-order valence-electron chi connectivity index (χ0n) is 16.1. The lowest BCUT2D eigenvalue weighted by atomic mass is 9.95. The number of benzene rings is 1. The van der Waals surface area contributed by atoms with Crippen molar-refractivity contribution in [3.8, 4) is 5.88 Å². The van der Waals surface area contributed by atoms with Crippen LogP contribution in [-0.2, 0) is 9.47 Å². The van der Waals surface area contributed by atoms with Crippen molar-refractivity contribution in [2.24, 2.45) is 0 Å². The number of nitrogens with zero attached hydrogens (tertiary/aromatic N) is 4. The molecule has 0 saturated carbocycles. The van der Waals surface area contributed by atoms with Gasteiger partial charge in [-0.05, 0) is 25.0 Å². The molecule has 1 atom stereocenters. The first kappa shape index (κ1) is 18.1. The molecule has 1 spiro atoms. The van der Waals surface area contributed by atoms with Gasteiger partial charge in [-0.1, -0.05) is 35.6 Å². The van der Waals surface area contributed by atoms with Crippen LogP contribution in [0.3, 0.4) is 0 Å². The van der Waals surface area contributed by atoms with Gasteiger partial charge in [0.1, 0.15) is 5.82 Å². The highest BCUT2D eigenvalue weighted by Crippen LogP contribution is 2.43. The van der Waals surface area contributed by atoms with Crippen molar-refractivity contribution in [3.63, 3.8) is 0 Å². The predicted octanol–water partition coefficient (Wildman–Crippen LogP) is 3.04. The Bertz CT molecular complexity index is 998. The quantitative estimate of drug-likeness (QED) is 0.729. The molecule has 4 heterocycles. The van der Waals surface area contributed by atoms with Crippen LogP contribution in [-0.4, -0.2) is 56.7 Å². The van der Waals surface area contributed by atoms with E-state index in [4.69, 9.17) is 9.47 Å². The molecular weight excluding hydrogens is 376 g/mol. The largest absolute Gasteiger partial charge is 0.492 e. The van der Waals surface area contributed by atoms with E-state index < -0.39 is 5.79 Å². The number of thiazole rings is 1. The molecule has 0 aliphatic carbocycles. The van der Waals surface area contributed by atoms with Crippen LogP contribution in [0.5, 0.6) is 5.88 Å². The van der Waals surface area contributed by atoms with E-state index in [-0.39, 0.29) is 11.9 Å². The summed E-state index contributed by atoms with van der Waals surface area (Å²) < 4.78 is 13.3. The molecule has 2 aliphatic rings. The standard InChI is InChI=1S/C20H24N4O3S/c1-13-5-3-4-6-15(13)16(17-18(25)24-19(28-17)21-14(2)22-24)23-9-7-20(8-10-23)26-11-12-27-20/h3-6,16,25H,7-12H2,1-2H3/t16-/m0/s1. The van der Waals surface area contributed by atoms with Gasteiger partial charge in [-0.25, -0.2) is 4.98 Å². The molecule has 0 amide bonds. The summed E-state index contributed by atoms with van der Waals surface area (Å²) in [5.41, 5.74) is 2.40. The van der Waals surface area contributed by atoms with Crippen LogP contribution >= 0.6 is 11.3 Å². The van der Waals surface area contributed by atoms with Gasteiger partial charge in [0.2, 0.25) is 10.8 Å². The molecule has 5 rings (SSSR count). The number of piperidine rings is 1. The van der Waals surface area contributed by atoms with E-state index in [9.17, 15) is 5.11 Å². The van der Waals surface area contributed by atoms with Gasteiger partial charge < -0.3 is 14.6 Å². The first-order valence-corrected chi connectivity index (χ1v) is 10.5. The second-order valence-electron chi connectivity index (χ2n) is 7.55. The zero-order chi connectivity index (χ0) is 19.3. The summed E-state index contributed by atoms with van der Waals surface area (Å²) in [4.78, 5) is 8.47. The van der Waals surface area contributed by atoms with Crippen LogP contribution in [0.1, 0.15) is 40.7 Å². The molecule has 8 heteroatoms. The molecule has 148 valence electrons. The monoisotopic (exact) mass is 400 g/mol. The van der Waals surface area contributed by atoms with Crippen LogP contribution in [0.4, 0.5) is 0 Å². The average Bonchev–Trinajstić information content (AvgIpc) is 3.36. The van der Waals surface area contributed by atoms with Gasteiger partial charge in [-0.3, -0.25) is 4.90 Å². The molecule has 0 bridgehead atoms. The highest BCUT2D eigenvalue weighted by Gasteiger charge is 2.42. The van der Waals surface area contributed by atoms with Crippen LogP contribution in [0.25, 0.3) is 4.96 Å². The number of hydrogen-bond acceptors (Lipinski definition) is 7. The SMILES string of the molecule is Cc1nc2sc([C@H](c3ccccc3C)N3CCC4(CC3)OCCO4)c(O)n2n1. The number of rotatable bonds is 3. The molecule has 7 nitrogen and oxygen atoms in total. The first-order chi connectivity index (χ1) is 13.6. The Hall–Kier alpha value is -2.00. The molecule has 1 N–H and O–H groups in total. The maximum Gasteiger partial charge on any atom is 0.230 e. The molecule has 3 aromatic rings. The van der Waals surface area contributed by atoms with Crippen molar-refractivity contribution in [2.45, 2.75) is 38.5 Å². The molecular formula is C20H24N4O3S. The first-order valence-electron chi connectivity index (χ1n) is 9.69. The molecule has 0 radical (unpaired) electrons. The van der Waals surface area contributed by atoms with E-state index in [0.717, 1.165) is 35.8 Å². The third kappa shape index (κ3) is 2.91. The Morgan fingerprint density at radius 3 is 2.54 bits per heavy atom. The normalized spacial score (nSPS) is 20.9. The van der Waals surface area contributed by atoms with Gasteiger partial charge in [0.15, 0.2) is 5.79 Å². The van der Waals surface area contributed by atoms with E-state index in [0.29, 0.717) is 19.0 Å². The fourth-order valence-electron chi connectivity index (χ4n) is 4.33. The van der Waals surface area contributed by atoms with Crippen molar-refractivity contribution >= 4 is 16.3 Å². The molecule has 2 saturated heterocycles. The van der Waals surface area contributed by atoms with E-state index in [1.807, 2.05) is 13.0 Å². The third-order valence-electron chi connectivity index (χ3n) is 5.78. The van der Waals surface area contributed by atoms with Crippen molar-refractivity contribution in [1.29, 1.82) is 0 Å². The maximum absolute atomic E-state index is 11.0. The summed E-state index contributed by atoms with van der Waals surface area (Å²) in [6.45, 7) is 6.99. The molecule has 28 heavy (non-hydrogen) atoms. The van der Waals surface area contributed by atoms with Crippen molar-refractivity contribution in [2.75, 3.05) is 26.3 Å². The number of aromatic nitrogens is 3. The van der Waals surface area contributed by atoms with Crippen molar-refractivity contribution < 1.29 is 14.6 Å². The summed E-state index contributed by atoms with van der Waals surface area (Å²) in [5, 5.41) is 15.3. The second kappa shape index (κ2) is 6.81. The van der Waals surface area contributed by atoms with E-state index >= 15 is 0 Å². The van der Waals surface area contributed by atoms with Gasteiger partial charge in [0.05, 0.1) is 24.1 Å². The fourth-order valence-corrected chi connectivity index (χ4v) is 5.49. The van der Waals surface area contributed by atoms with Gasteiger partial charge in [0, 0.05) is 25.9 Å². The minimum atomic E-state index is -0.419. The second-order valence-corrected chi connectivity index (χ2v) is 8.56. The lowest BCUT2D eigenvalue weighted by molar-refractivity contribution is -0.187. The number of likely N-dealkylation sites (tertiary alicyclic amines) is 1. The Kier molecular flexibility index (Phi) is 4.39. The number of aromatic hydroxyl groups is 1. The summed E-state index contributed by atoms with van der Waals surface area (Å²) in [5.74, 6) is 0.427. The van der Waals surface area contributed by atoms with Gasteiger partial charge in [0.25, 0.3) is 0 Å². The Morgan fingerprint density at radius 1 is 1.14 bits per heavy atom. The predicted molar refractivity (Wildman–Crippen MR) is 106 cm³/mol. The summed E-state index contributed by atoms with van der Waals surface area (Å²) in [6.07, 6.45) is 1.66. The molecule has 2 aromatic heterocycles. The summed E-state index contributed by atoms with van der Waals surface area (Å²) >= 11 is 1.51. The molecule has 2 aliphatic heterocycles. The zero-order valence-corrected chi connectivity index (χ0v) is 16.9. The molecule has 0 unspecified atom stereocenters. The lowest BCUT2D eigenvalue weighted by Crippen LogP contribution is -2.46. The number of aryl methyl sites for hydroxylation is 2. The van der Waals surface area contributed by atoms with Crippen LogP contribution in [0.2, 0.25) is 0 Å². The van der Waals surface area contributed by atoms with Crippen molar-refractivity contribution in [3.05, 3.63) is 46.1 Å². The highest BCUT2D eigenvalue weighted by atomic mass is 32.1. The van der Waals surface area contributed by atoms with E-state index in [2.05, 4.69) is 40.1 Å². The Morgan fingerprint density at radius 2 is 1.86 bits per heavy atom. The third-order valence-corrected chi connectivity index (χ3v) is 6.85. The van der Waals surface area contributed by atoms with Crippen LogP contribution in [0, 0.1) is 13.8 Å². The fraction of sp³-hybridized carbons (Fsp3) is 0.500. The lowest BCUT2D eigenvalue weighted by Gasteiger charge is -2.41. The minimum Gasteiger partial charge on any atom is -0.492 e. The van der Waals surface area contributed by atoms with Crippen LogP contribution in [0.15, 0.2) is 24.3 Å². The number of fused-ring (bicyclic) bond motifs is 1. The molecule has 1 aromatic carbocycles. The highest BCUT2D eigenvalue weighted by molar-refractivity contribution is 7.17.